The second-order valence-corrected chi connectivity index (χ2v) is 5.05. The minimum absolute atomic E-state index is 0.250. The number of rotatable bonds is 3. The highest BCUT2D eigenvalue weighted by Gasteiger charge is 2.23. The van der Waals surface area contributed by atoms with Gasteiger partial charge in [0.15, 0.2) is 0 Å². The molecule has 0 spiro atoms. The lowest BCUT2D eigenvalue weighted by atomic mass is 9.86. The van der Waals surface area contributed by atoms with E-state index in [4.69, 9.17) is 11.6 Å². The average Bonchev–Trinajstić information content (AvgIpc) is 2.35. The Morgan fingerprint density at radius 3 is 2.58 bits per heavy atom. The summed E-state index contributed by atoms with van der Waals surface area (Å²) >= 11 is 7.83. The number of hydrogen-bond donors (Lipinski definition) is 0. The van der Waals surface area contributed by atoms with Gasteiger partial charge in [-0.05, 0) is 17.9 Å². The van der Waals surface area contributed by atoms with Crippen molar-refractivity contribution in [3.63, 3.8) is 0 Å². The fourth-order valence-electron chi connectivity index (χ4n) is 1.52. The summed E-state index contributed by atoms with van der Waals surface area (Å²) in [6.45, 7) is 6.73. The summed E-state index contributed by atoms with van der Waals surface area (Å²) in [5.74, 6) is 0. The van der Waals surface area contributed by atoms with E-state index in [1.807, 2.05) is 6.07 Å². The molecule has 1 aromatic rings. The second kappa shape index (κ2) is 3.80. The molecule has 0 bridgehead atoms. The normalized spacial score (nSPS) is 12.0. The van der Waals surface area contributed by atoms with Crippen LogP contribution < -0.4 is 0 Å². The van der Waals surface area contributed by atoms with Crippen molar-refractivity contribution in [3.8, 4) is 0 Å². The first kappa shape index (κ1) is 10.1. The maximum Gasteiger partial charge on any atom is 0.0550 e. The summed E-state index contributed by atoms with van der Waals surface area (Å²) in [4.78, 5) is 1.33. The van der Waals surface area contributed by atoms with Gasteiger partial charge >= 0.3 is 0 Å². The van der Waals surface area contributed by atoms with Gasteiger partial charge in [-0.25, -0.2) is 0 Å². The standard InChI is InChI=1S/C10H15ClS/c1-4-6-10(2,3)9-8(11)5-7-12-9/h5,7H,4,6H2,1-3H3. The van der Waals surface area contributed by atoms with E-state index in [2.05, 4.69) is 26.2 Å². The van der Waals surface area contributed by atoms with Crippen LogP contribution in [0.5, 0.6) is 0 Å². The first-order valence-corrected chi connectivity index (χ1v) is 5.57. The van der Waals surface area contributed by atoms with Gasteiger partial charge in [0.05, 0.1) is 5.02 Å². The molecule has 0 saturated heterocycles. The Balaban J connectivity index is 2.88. The quantitative estimate of drug-likeness (QED) is 0.678. The molecule has 0 fully saturated rings. The number of hydrogen-bond acceptors (Lipinski definition) is 1. The van der Waals surface area contributed by atoms with Gasteiger partial charge in [0, 0.05) is 10.3 Å². The van der Waals surface area contributed by atoms with Gasteiger partial charge in [0.25, 0.3) is 0 Å². The van der Waals surface area contributed by atoms with E-state index in [1.54, 1.807) is 11.3 Å². The lowest BCUT2D eigenvalue weighted by molar-refractivity contribution is 0.482. The van der Waals surface area contributed by atoms with Gasteiger partial charge in [0.2, 0.25) is 0 Å². The van der Waals surface area contributed by atoms with Crippen molar-refractivity contribution in [2.24, 2.45) is 0 Å². The first-order chi connectivity index (χ1) is 5.58. The Morgan fingerprint density at radius 2 is 2.17 bits per heavy atom. The molecule has 0 saturated carbocycles. The van der Waals surface area contributed by atoms with Gasteiger partial charge in [-0.15, -0.1) is 11.3 Å². The molecule has 1 rings (SSSR count). The minimum atomic E-state index is 0.250. The van der Waals surface area contributed by atoms with Crippen molar-refractivity contribution in [1.82, 2.24) is 0 Å². The van der Waals surface area contributed by atoms with Crippen LogP contribution in [0.3, 0.4) is 0 Å². The average molecular weight is 203 g/mol. The van der Waals surface area contributed by atoms with Crippen LogP contribution in [0.25, 0.3) is 0 Å². The second-order valence-electron chi connectivity index (χ2n) is 3.73. The molecule has 0 aliphatic rings. The van der Waals surface area contributed by atoms with Crippen LogP contribution in [0.15, 0.2) is 11.4 Å². The third-order valence-corrected chi connectivity index (χ3v) is 3.81. The fourth-order valence-corrected chi connectivity index (χ4v) is 2.98. The van der Waals surface area contributed by atoms with Gasteiger partial charge in [0.1, 0.15) is 0 Å². The van der Waals surface area contributed by atoms with Crippen molar-refractivity contribution >= 4 is 22.9 Å². The summed E-state index contributed by atoms with van der Waals surface area (Å²) in [6.07, 6.45) is 2.41. The lowest BCUT2D eigenvalue weighted by Gasteiger charge is -2.22. The van der Waals surface area contributed by atoms with Crippen LogP contribution in [-0.2, 0) is 5.41 Å². The van der Waals surface area contributed by atoms with Gasteiger partial charge in [-0.2, -0.15) is 0 Å². The molecule has 0 aromatic carbocycles. The van der Waals surface area contributed by atoms with E-state index in [0.29, 0.717) is 0 Å². The molecular formula is C10H15ClS. The molecule has 68 valence electrons. The van der Waals surface area contributed by atoms with Crippen molar-refractivity contribution in [1.29, 1.82) is 0 Å². The molecule has 1 heterocycles. The molecule has 0 unspecified atom stereocenters. The van der Waals surface area contributed by atoms with Crippen LogP contribution in [0.4, 0.5) is 0 Å². The van der Waals surface area contributed by atoms with Crippen LogP contribution in [0, 0.1) is 0 Å². The van der Waals surface area contributed by atoms with E-state index in [9.17, 15) is 0 Å². The fraction of sp³-hybridized carbons (Fsp3) is 0.600. The highest BCUT2D eigenvalue weighted by molar-refractivity contribution is 7.10. The monoisotopic (exact) mass is 202 g/mol. The summed E-state index contributed by atoms with van der Waals surface area (Å²) in [6, 6.07) is 1.99. The third-order valence-electron chi connectivity index (χ3n) is 2.11. The Morgan fingerprint density at radius 1 is 1.50 bits per heavy atom. The molecule has 0 aliphatic heterocycles. The van der Waals surface area contributed by atoms with Crippen molar-refractivity contribution < 1.29 is 0 Å². The maximum absolute atomic E-state index is 6.07. The summed E-state index contributed by atoms with van der Waals surface area (Å²) in [5.41, 5.74) is 0.250. The zero-order valence-corrected chi connectivity index (χ0v) is 9.43. The number of halogens is 1. The van der Waals surface area contributed by atoms with Gasteiger partial charge in [-0.3, -0.25) is 0 Å². The third kappa shape index (κ3) is 2.02. The molecule has 0 radical (unpaired) electrons. The molecule has 2 heteroatoms. The predicted octanol–water partition coefficient (Wildman–Crippen LogP) is 4.48. The Bertz CT molecular complexity index is 250. The first-order valence-electron chi connectivity index (χ1n) is 4.31. The molecule has 1 aromatic heterocycles. The molecule has 12 heavy (non-hydrogen) atoms. The minimum Gasteiger partial charge on any atom is -0.147 e. The summed E-state index contributed by atoms with van der Waals surface area (Å²) < 4.78 is 0. The SMILES string of the molecule is CCCC(C)(C)c1sccc1Cl. The molecule has 0 nitrogen and oxygen atoms in total. The van der Waals surface area contributed by atoms with Crippen molar-refractivity contribution in [3.05, 3.63) is 21.3 Å². The molecule has 0 atom stereocenters. The van der Waals surface area contributed by atoms with E-state index < -0.39 is 0 Å². The van der Waals surface area contributed by atoms with E-state index in [0.717, 1.165) is 5.02 Å². The highest BCUT2D eigenvalue weighted by Crippen LogP contribution is 2.37. The zero-order valence-electron chi connectivity index (χ0n) is 7.86. The lowest BCUT2D eigenvalue weighted by Crippen LogP contribution is -2.14. The smallest absolute Gasteiger partial charge is 0.0550 e. The molecular weight excluding hydrogens is 188 g/mol. The Hall–Kier alpha value is -0.0100. The Labute approximate surface area is 83.6 Å². The molecule has 0 N–H and O–H groups in total. The summed E-state index contributed by atoms with van der Waals surface area (Å²) in [5, 5.41) is 2.99. The predicted molar refractivity (Wildman–Crippen MR) is 57.3 cm³/mol. The van der Waals surface area contributed by atoms with Crippen LogP contribution >= 0.6 is 22.9 Å². The zero-order chi connectivity index (χ0) is 9.19. The molecule has 0 aliphatic carbocycles. The van der Waals surface area contributed by atoms with E-state index in [-0.39, 0.29) is 5.41 Å². The van der Waals surface area contributed by atoms with Crippen LogP contribution in [0.2, 0.25) is 5.02 Å². The largest absolute Gasteiger partial charge is 0.147 e. The highest BCUT2D eigenvalue weighted by atomic mass is 35.5. The van der Waals surface area contributed by atoms with Crippen molar-refractivity contribution in [2.75, 3.05) is 0 Å². The van der Waals surface area contributed by atoms with Crippen LogP contribution in [0.1, 0.15) is 38.5 Å². The summed E-state index contributed by atoms with van der Waals surface area (Å²) in [7, 11) is 0. The topological polar surface area (TPSA) is 0 Å². The van der Waals surface area contributed by atoms with Crippen LogP contribution in [-0.4, -0.2) is 0 Å². The van der Waals surface area contributed by atoms with Crippen molar-refractivity contribution in [2.45, 2.75) is 39.0 Å². The van der Waals surface area contributed by atoms with Gasteiger partial charge < -0.3 is 0 Å². The molecule has 0 amide bonds. The maximum atomic E-state index is 6.07. The van der Waals surface area contributed by atoms with Gasteiger partial charge in [-0.1, -0.05) is 38.8 Å². The number of thiophene rings is 1. The Kier molecular flexibility index (Phi) is 3.19. The van der Waals surface area contributed by atoms with E-state index in [1.165, 1.54) is 17.7 Å². The van der Waals surface area contributed by atoms with E-state index >= 15 is 0 Å².